The zero-order valence-electron chi connectivity index (χ0n) is 12.3. The number of allylic oxidation sites excluding steroid dienone is 1. The molecule has 0 saturated heterocycles. The number of nitrogens with one attached hydrogen (secondary N) is 1. The highest BCUT2D eigenvalue weighted by Crippen LogP contribution is 2.25. The van der Waals surface area contributed by atoms with Gasteiger partial charge in [0.05, 0.1) is 11.1 Å². The molecule has 112 valence electrons. The second-order valence-corrected chi connectivity index (χ2v) is 4.48. The summed E-state index contributed by atoms with van der Waals surface area (Å²) in [7, 11) is 0. The van der Waals surface area contributed by atoms with E-state index in [1.165, 1.54) is 18.3 Å². The summed E-state index contributed by atoms with van der Waals surface area (Å²) >= 11 is 0. The molecule has 0 aliphatic heterocycles. The Morgan fingerprint density at radius 3 is 2.04 bits per heavy atom. The van der Waals surface area contributed by atoms with Crippen molar-refractivity contribution < 1.29 is 4.74 Å². The number of anilines is 1. The highest BCUT2D eigenvalue weighted by atomic mass is 16.5. The molecule has 6 heteroatoms. The predicted octanol–water partition coefficient (Wildman–Crippen LogP) is 3.57. The van der Waals surface area contributed by atoms with Crippen molar-refractivity contribution in [3.05, 3.63) is 65.4 Å². The molecular formula is C18H9N5O. The fourth-order valence-corrected chi connectivity index (χ4v) is 1.78. The van der Waals surface area contributed by atoms with Crippen LogP contribution in [0.3, 0.4) is 0 Å². The molecule has 0 aromatic heterocycles. The lowest BCUT2D eigenvalue weighted by Gasteiger charge is -2.07. The van der Waals surface area contributed by atoms with Gasteiger partial charge in [-0.3, -0.25) is 0 Å². The summed E-state index contributed by atoms with van der Waals surface area (Å²) in [5.74, 6) is 0.987. The molecule has 0 radical (unpaired) electrons. The summed E-state index contributed by atoms with van der Waals surface area (Å²) in [5.41, 5.74) is 1.20. The molecule has 0 heterocycles. The fraction of sp³-hybridized carbons (Fsp3) is 0. The van der Waals surface area contributed by atoms with E-state index in [2.05, 4.69) is 5.32 Å². The van der Waals surface area contributed by atoms with Crippen molar-refractivity contribution in [3.8, 4) is 35.8 Å². The maximum absolute atomic E-state index is 9.00. The number of hydrogen-bond acceptors (Lipinski definition) is 6. The Morgan fingerprint density at radius 1 is 0.833 bits per heavy atom. The average molecular weight is 311 g/mol. The molecule has 0 atom stereocenters. The molecule has 1 N–H and O–H groups in total. The summed E-state index contributed by atoms with van der Waals surface area (Å²) < 4.78 is 5.63. The van der Waals surface area contributed by atoms with E-state index in [0.717, 1.165) is 0 Å². The van der Waals surface area contributed by atoms with E-state index in [9.17, 15) is 0 Å². The van der Waals surface area contributed by atoms with Gasteiger partial charge in [-0.05, 0) is 42.5 Å². The number of hydrogen-bond donors (Lipinski definition) is 1. The SMILES string of the molecule is N#CC(C#N)=CNc1ccc(Oc2ccc(C#N)c(C#N)c2)cc1. The minimum Gasteiger partial charge on any atom is -0.457 e. The van der Waals surface area contributed by atoms with Crippen LogP contribution in [0.2, 0.25) is 0 Å². The zero-order chi connectivity index (χ0) is 17.4. The Bertz CT molecular complexity index is 931. The van der Waals surface area contributed by atoms with Crippen LogP contribution in [0.15, 0.2) is 54.2 Å². The van der Waals surface area contributed by atoms with E-state index in [1.54, 1.807) is 42.5 Å². The third-order valence-electron chi connectivity index (χ3n) is 2.95. The second kappa shape index (κ2) is 7.66. The fourth-order valence-electron chi connectivity index (χ4n) is 1.78. The first kappa shape index (κ1) is 16.1. The molecular weight excluding hydrogens is 302 g/mol. The maximum atomic E-state index is 9.00. The molecule has 24 heavy (non-hydrogen) atoms. The van der Waals surface area contributed by atoms with Crippen LogP contribution in [0, 0.1) is 45.3 Å². The van der Waals surface area contributed by atoms with Gasteiger partial charge in [-0.2, -0.15) is 21.0 Å². The predicted molar refractivity (Wildman–Crippen MR) is 85.3 cm³/mol. The van der Waals surface area contributed by atoms with Crippen LogP contribution >= 0.6 is 0 Å². The van der Waals surface area contributed by atoms with E-state index in [0.29, 0.717) is 22.7 Å². The van der Waals surface area contributed by atoms with Crippen LogP contribution in [0.4, 0.5) is 5.69 Å². The minimum absolute atomic E-state index is 0.0306. The number of nitriles is 4. The number of benzene rings is 2. The first-order valence-corrected chi connectivity index (χ1v) is 6.69. The lowest BCUT2D eigenvalue weighted by atomic mass is 10.1. The normalized spacial score (nSPS) is 8.67. The van der Waals surface area contributed by atoms with Crippen LogP contribution in [0.25, 0.3) is 0 Å². The van der Waals surface area contributed by atoms with Crippen molar-refractivity contribution >= 4 is 5.69 Å². The molecule has 6 nitrogen and oxygen atoms in total. The molecule has 0 amide bonds. The maximum Gasteiger partial charge on any atom is 0.145 e. The molecule has 2 aromatic rings. The van der Waals surface area contributed by atoms with Crippen LogP contribution in [-0.4, -0.2) is 0 Å². The lowest BCUT2D eigenvalue weighted by molar-refractivity contribution is 0.482. The van der Waals surface area contributed by atoms with Crippen LogP contribution in [0.5, 0.6) is 11.5 Å². The molecule has 0 bridgehead atoms. The van der Waals surface area contributed by atoms with Crippen LogP contribution in [-0.2, 0) is 0 Å². The van der Waals surface area contributed by atoms with E-state index in [1.807, 2.05) is 12.1 Å². The number of nitrogens with zero attached hydrogens (tertiary/aromatic N) is 4. The van der Waals surface area contributed by atoms with Crippen molar-refractivity contribution in [1.82, 2.24) is 0 Å². The van der Waals surface area contributed by atoms with Gasteiger partial charge in [0.25, 0.3) is 0 Å². The molecule has 0 aliphatic carbocycles. The topological polar surface area (TPSA) is 116 Å². The Balaban J connectivity index is 2.12. The standard InChI is InChI=1S/C18H9N5O/c19-8-13(9-20)12-23-16-2-5-17(6-3-16)24-18-4-1-14(10-21)15(7-18)11-22/h1-7,12,23H. The monoisotopic (exact) mass is 311 g/mol. The lowest BCUT2D eigenvalue weighted by Crippen LogP contribution is -1.91. The molecule has 0 spiro atoms. The van der Waals surface area contributed by atoms with Crippen molar-refractivity contribution in [3.63, 3.8) is 0 Å². The van der Waals surface area contributed by atoms with Gasteiger partial charge < -0.3 is 10.1 Å². The van der Waals surface area contributed by atoms with E-state index < -0.39 is 0 Å². The summed E-state index contributed by atoms with van der Waals surface area (Å²) in [6, 6.07) is 18.8. The summed E-state index contributed by atoms with van der Waals surface area (Å²) in [4.78, 5) is 0. The van der Waals surface area contributed by atoms with E-state index in [-0.39, 0.29) is 11.1 Å². The van der Waals surface area contributed by atoms with Gasteiger partial charge >= 0.3 is 0 Å². The highest BCUT2D eigenvalue weighted by Gasteiger charge is 2.04. The molecule has 2 aromatic carbocycles. The Labute approximate surface area is 138 Å². The number of ether oxygens (including phenoxy) is 1. The molecule has 2 rings (SSSR count). The average Bonchev–Trinajstić information content (AvgIpc) is 2.63. The third-order valence-corrected chi connectivity index (χ3v) is 2.95. The molecule has 0 fully saturated rings. The largest absolute Gasteiger partial charge is 0.457 e. The highest BCUT2D eigenvalue weighted by molar-refractivity contribution is 5.53. The quantitative estimate of drug-likeness (QED) is 0.863. The molecule has 0 unspecified atom stereocenters. The first-order valence-electron chi connectivity index (χ1n) is 6.69. The molecule has 0 saturated carbocycles. The Morgan fingerprint density at radius 2 is 1.46 bits per heavy atom. The van der Waals surface area contributed by atoms with Gasteiger partial charge in [-0.1, -0.05) is 0 Å². The summed E-state index contributed by atoms with van der Waals surface area (Å²) in [6.07, 6.45) is 1.32. The van der Waals surface area contributed by atoms with Gasteiger partial charge in [0.15, 0.2) is 0 Å². The minimum atomic E-state index is -0.0306. The molecule has 0 aliphatic rings. The second-order valence-electron chi connectivity index (χ2n) is 4.48. The third kappa shape index (κ3) is 3.89. The van der Waals surface area contributed by atoms with Crippen LogP contribution < -0.4 is 10.1 Å². The van der Waals surface area contributed by atoms with Gasteiger partial charge in [0.1, 0.15) is 41.3 Å². The first-order chi connectivity index (χ1) is 11.7. The van der Waals surface area contributed by atoms with E-state index >= 15 is 0 Å². The van der Waals surface area contributed by atoms with Crippen molar-refractivity contribution in [2.24, 2.45) is 0 Å². The van der Waals surface area contributed by atoms with Crippen molar-refractivity contribution in [1.29, 1.82) is 21.0 Å². The number of rotatable bonds is 4. The van der Waals surface area contributed by atoms with Crippen molar-refractivity contribution in [2.75, 3.05) is 5.32 Å². The summed E-state index contributed by atoms with van der Waals surface area (Å²) in [5, 5.41) is 38.0. The zero-order valence-corrected chi connectivity index (χ0v) is 12.3. The van der Waals surface area contributed by atoms with Gasteiger partial charge in [-0.15, -0.1) is 0 Å². The summed E-state index contributed by atoms with van der Waals surface area (Å²) in [6.45, 7) is 0. The van der Waals surface area contributed by atoms with Gasteiger partial charge in [0, 0.05) is 11.9 Å². The van der Waals surface area contributed by atoms with Crippen LogP contribution in [0.1, 0.15) is 11.1 Å². The van der Waals surface area contributed by atoms with Gasteiger partial charge in [0.2, 0.25) is 0 Å². The smallest absolute Gasteiger partial charge is 0.145 e. The Hall–Kier alpha value is -4.26. The van der Waals surface area contributed by atoms with Crippen molar-refractivity contribution in [2.45, 2.75) is 0 Å². The van der Waals surface area contributed by atoms with Gasteiger partial charge in [-0.25, -0.2) is 0 Å². The Kier molecular flexibility index (Phi) is 5.15. The van der Waals surface area contributed by atoms with E-state index in [4.69, 9.17) is 25.8 Å².